The third kappa shape index (κ3) is 2.99. The average Bonchev–Trinajstić information content (AvgIpc) is 2.86. The number of phenols is 2. The second-order valence-electron chi connectivity index (χ2n) is 4.49. The minimum atomic E-state index is -4.60. The van der Waals surface area contributed by atoms with Gasteiger partial charge in [-0.15, -0.1) is 0 Å². The highest BCUT2D eigenvalue weighted by Gasteiger charge is 2.35. The molecule has 5 nitrogen and oxygen atoms in total. The third-order valence-corrected chi connectivity index (χ3v) is 2.99. The average molecular weight is 300 g/mol. The second kappa shape index (κ2) is 5.12. The molecule has 0 aliphatic carbocycles. The third-order valence-electron chi connectivity index (χ3n) is 2.99. The summed E-state index contributed by atoms with van der Waals surface area (Å²) in [5.41, 5.74) is -1.23. The Kier molecular flexibility index (Phi) is 3.63. The molecule has 1 heterocycles. The number of aromatic hydroxyl groups is 2. The Balaban J connectivity index is 2.29. The second-order valence-corrected chi connectivity index (χ2v) is 4.49. The van der Waals surface area contributed by atoms with Crippen molar-refractivity contribution in [3.05, 3.63) is 41.2 Å². The Bertz CT molecular complexity index is 680. The van der Waals surface area contributed by atoms with Crippen LogP contribution < -0.4 is 0 Å². The Morgan fingerprint density at radius 3 is 2.48 bits per heavy atom. The molecule has 1 unspecified atom stereocenters. The summed E-state index contributed by atoms with van der Waals surface area (Å²) in [5, 5.41) is 24.0. The molecule has 8 heteroatoms. The molecule has 0 aliphatic rings. The van der Waals surface area contributed by atoms with Gasteiger partial charge in [-0.05, 0) is 25.1 Å². The van der Waals surface area contributed by atoms with Gasteiger partial charge in [0, 0.05) is 11.8 Å². The molecular formula is C13H11F3N2O3. The van der Waals surface area contributed by atoms with Crippen LogP contribution in [0.4, 0.5) is 13.2 Å². The lowest BCUT2D eigenvalue weighted by Crippen LogP contribution is -2.10. The predicted octanol–water partition coefficient (Wildman–Crippen LogP) is 2.83. The number of Topliss-reactive ketones (excluding diaryl/α,β-unsaturated/α-hetero) is 1. The zero-order valence-corrected chi connectivity index (χ0v) is 10.8. The van der Waals surface area contributed by atoms with Crippen LogP contribution in [0.1, 0.15) is 34.6 Å². The smallest absolute Gasteiger partial charge is 0.435 e. The lowest BCUT2D eigenvalue weighted by molar-refractivity contribution is -0.141. The van der Waals surface area contributed by atoms with Gasteiger partial charge in [-0.25, -0.2) is 0 Å². The Labute approximate surface area is 117 Å². The van der Waals surface area contributed by atoms with E-state index in [2.05, 4.69) is 10.2 Å². The van der Waals surface area contributed by atoms with Gasteiger partial charge >= 0.3 is 6.18 Å². The Morgan fingerprint density at radius 2 is 1.95 bits per heavy atom. The normalized spacial score (nSPS) is 13.1. The number of aromatic nitrogens is 2. The molecule has 1 atom stereocenters. The Hall–Kier alpha value is -2.51. The first-order valence-electron chi connectivity index (χ1n) is 5.89. The van der Waals surface area contributed by atoms with E-state index in [1.54, 1.807) is 0 Å². The molecule has 0 bridgehead atoms. The number of ketones is 1. The van der Waals surface area contributed by atoms with Gasteiger partial charge in [0.15, 0.2) is 11.5 Å². The molecule has 3 N–H and O–H groups in total. The highest BCUT2D eigenvalue weighted by atomic mass is 19.4. The molecule has 112 valence electrons. The maximum atomic E-state index is 12.5. The highest BCUT2D eigenvalue weighted by molar-refractivity contribution is 6.02. The standard InChI is InChI=1S/C13H11F3N2O3/c1-6(9-5-11(18-17-9)13(14,15)16)12(21)8-3-2-7(19)4-10(8)20/h2-6,19-20H,1H3,(H,17,18). The molecule has 1 aromatic heterocycles. The fraction of sp³-hybridized carbons (Fsp3) is 0.231. The number of carbonyl (C=O) groups is 1. The highest BCUT2D eigenvalue weighted by Crippen LogP contribution is 2.31. The number of nitrogens with zero attached hydrogens (tertiary/aromatic N) is 1. The first kappa shape index (κ1) is 14.9. The van der Waals surface area contributed by atoms with E-state index in [-0.39, 0.29) is 17.0 Å². The van der Waals surface area contributed by atoms with Gasteiger partial charge in [0.2, 0.25) is 0 Å². The van der Waals surface area contributed by atoms with E-state index in [1.165, 1.54) is 19.1 Å². The first-order chi connectivity index (χ1) is 9.70. The van der Waals surface area contributed by atoms with Crippen molar-refractivity contribution >= 4 is 5.78 Å². The van der Waals surface area contributed by atoms with E-state index in [0.717, 1.165) is 12.1 Å². The molecular weight excluding hydrogens is 289 g/mol. The molecule has 0 spiro atoms. The number of hydrogen-bond donors (Lipinski definition) is 3. The number of halogens is 3. The number of aromatic amines is 1. The number of phenolic OH excluding ortho intramolecular Hbond substituents is 2. The number of carbonyl (C=O) groups excluding carboxylic acids is 1. The summed E-state index contributed by atoms with van der Waals surface area (Å²) in [6, 6.07) is 4.13. The van der Waals surface area contributed by atoms with Crippen molar-refractivity contribution in [2.24, 2.45) is 0 Å². The summed E-state index contributed by atoms with van der Waals surface area (Å²) in [6.45, 7) is 1.39. The molecule has 0 saturated heterocycles. The van der Waals surface area contributed by atoms with Crippen LogP contribution in [0.15, 0.2) is 24.3 Å². The van der Waals surface area contributed by atoms with Gasteiger partial charge < -0.3 is 10.2 Å². The number of rotatable bonds is 3. The maximum Gasteiger partial charge on any atom is 0.435 e. The quantitative estimate of drug-likeness (QED) is 0.761. The number of hydrogen-bond acceptors (Lipinski definition) is 4. The van der Waals surface area contributed by atoms with Gasteiger partial charge in [-0.3, -0.25) is 9.89 Å². The number of H-pyrrole nitrogens is 1. The van der Waals surface area contributed by atoms with Crippen molar-refractivity contribution in [2.45, 2.75) is 19.0 Å². The van der Waals surface area contributed by atoms with E-state index >= 15 is 0 Å². The van der Waals surface area contributed by atoms with Crippen LogP contribution in [0.25, 0.3) is 0 Å². The monoisotopic (exact) mass is 300 g/mol. The Morgan fingerprint density at radius 1 is 1.29 bits per heavy atom. The molecule has 0 radical (unpaired) electrons. The SMILES string of the molecule is CC(C(=O)c1ccc(O)cc1O)c1cc(C(F)(F)F)n[nH]1. The van der Waals surface area contributed by atoms with Crippen LogP contribution >= 0.6 is 0 Å². The van der Waals surface area contributed by atoms with E-state index in [4.69, 9.17) is 5.11 Å². The zero-order valence-electron chi connectivity index (χ0n) is 10.8. The summed E-state index contributed by atoms with van der Waals surface area (Å²) in [5.74, 6) is -2.21. The fourth-order valence-electron chi connectivity index (χ4n) is 1.81. The largest absolute Gasteiger partial charge is 0.508 e. The van der Waals surface area contributed by atoms with E-state index in [1.807, 2.05) is 0 Å². The molecule has 2 rings (SSSR count). The van der Waals surface area contributed by atoms with Crippen molar-refractivity contribution in [1.82, 2.24) is 10.2 Å². The van der Waals surface area contributed by atoms with Crippen LogP contribution in [-0.2, 0) is 6.18 Å². The lowest BCUT2D eigenvalue weighted by Gasteiger charge is -2.10. The van der Waals surface area contributed by atoms with Gasteiger partial charge in [-0.1, -0.05) is 0 Å². The molecule has 0 fully saturated rings. The van der Waals surface area contributed by atoms with Crippen LogP contribution in [-0.4, -0.2) is 26.2 Å². The summed E-state index contributed by atoms with van der Waals surface area (Å²) in [6.07, 6.45) is -4.60. The molecule has 0 saturated carbocycles. The van der Waals surface area contributed by atoms with Crippen LogP contribution in [0.3, 0.4) is 0 Å². The zero-order chi connectivity index (χ0) is 15.8. The van der Waals surface area contributed by atoms with Crippen molar-refractivity contribution in [1.29, 1.82) is 0 Å². The van der Waals surface area contributed by atoms with Gasteiger partial charge in [0.25, 0.3) is 0 Å². The molecule has 2 aromatic rings. The van der Waals surface area contributed by atoms with Crippen molar-refractivity contribution in [2.75, 3.05) is 0 Å². The minimum absolute atomic E-state index is 0.0141. The fourth-order valence-corrected chi connectivity index (χ4v) is 1.81. The van der Waals surface area contributed by atoms with E-state index in [0.29, 0.717) is 0 Å². The van der Waals surface area contributed by atoms with Crippen molar-refractivity contribution in [3.8, 4) is 11.5 Å². The summed E-state index contributed by atoms with van der Waals surface area (Å²) in [7, 11) is 0. The topological polar surface area (TPSA) is 86.2 Å². The van der Waals surface area contributed by atoms with E-state index in [9.17, 15) is 23.1 Å². The number of nitrogens with one attached hydrogen (secondary N) is 1. The number of alkyl halides is 3. The predicted molar refractivity (Wildman–Crippen MR) is 66.1 cm³/mol. The molecule has 21 heavy (non-hydrogen) atoms. The molecule has 1 aromatic carbocycles. The maximum absolute atomic E-state index is 12.5. The number of benzene rings is 1. The van der Waals surface area contributed by atoms with E-state index < -0.39 is 29.3 Å². The summed E-state index contributed by atoms with van der Waals surface area (Å²) in [4.78, 5) is 12.2. The van der Waals surface area contributed by atoms with Gasteiger partial charge in [0.05, 0.1) is 11.5 Å². The lowest BCUT2D eigenvalue weighted by atomic mass is 9.95. The summed E-state index contributed by atoms with van der Waals surface area (Å²) < 4.78 is 37.4. The van der Waals surface area contributed by atoms with Crippen molar-refractivity contribution < 1.29 is 28.2 Å². The van der Waals surface area contributed by atoms with Gasteiger partial charge in [0.1, 0.15) is 11.5 Å². The molecule has 0 amide bonds. The minimum Gasteiger partial charge on any atom is -0.508 e. The van der Waals surface area contributed by atoms with Crippen LogP contribution in [0, 0.1) is 0 Å². The van der Waals surface area contributed by atoms with Crippen LogP contribution in [0.2, 0.25) is 0 Å². The van der Waals surface area contributed by atoms with Gasteiger partial charge in [-0.2, -0.15) is 18.3 Å². The molecule has 0 aliphatic heterocycles. The van der Waals surface area contributed by atoms with Crippen LogP contribution in [0.5, 0.6) is 11.5 Å². The summed E-state index contributed by atoms with van der Waals surface area (Å²) >= 11 is 0. The first-order valence-corrected chi connectivity index (χ1v) is 5.89. The van der Waals surface area contributed by atoms with Crippen molar-refractivity contribution in [3.63, 3.8) is 0 Å².